The third-order valence-corrected chi connectivity index (χ3v) is 6.47. The van der Waals surface area contributed by atoms with E-state index >= 15 is 0 Å². The molecule has 29 heavy (non-hydrogen) atoms. The lowest BCUT2D eigenvalue weighted by Crippen LogP contribution is -2.48. The maximum absolute atomic E-state index is 13.0. The van der Waals surface area contributed by atoms with Crippen LogP contribution in [0.5, 0.6) is 0 Å². The first-order chi connectivity index (χ1) is 13.7. The van der Waals surface area contributed by atoms with Gasteiger partial charge in [-0.05, 0) is 51.1 Å². The molecule has 7 nitrogen and oxygen atoms in total. The average molecular weight is 416 g/mol. The lowest BCUT2D eigenvalue weighted by molar-refractivity contribution is -0.0440. The SMILES string of the molecule is CC(=O)c1cccc(NC(=O)c2cccc(S(=O)(=O)N3C[C@H](C)O[C@@H](C)C3)c2)c1. The van der Waals surface area contributed by atoms with Crippen LogP contribution in [0.1, 0.15) is 41.5 Å². The van der Waals surface area contributed by atoms with Crippen LogP contribution in [0.2, 0.25) is 0 Å². The molecule has 1 saturated heterocycles. The highest BCUT2D eigenvalue weighted by molar-refractivity contribution is 7.89. The zero-order valence-corrected chi connectivity index (χ0v) is 17.4. The average Bonchev–Trinajstić information content (AvgIpc) is 2.67. The highest BCUT2D eigenvalue weighted by atomic mass is 32.2. The van der Waals surface area contributed by atoms with Crippen molar-refractivity contribution in [2.75, 3.05) is 18.4 Å². The number of ketones is 1. The van der Waals surface area contributed by atoms with E-state index in [1.165, 1.54) is 23.4 Å². The molecule has 1 heterocycles. The van der Waals surface area contributed by atoms with Crippen molar-refractivity contribution in [1.29, 1.82) is 0 Å². The molecule has 0 saturated carbocycles. The summed E-state index contributed by atoms with van der Waals surface area (Å²) in [5.74, 6) is -0.561. The van der Waals surface area contributed by atoms with Gasteiger partial charge in [0, 0.05) is 29.9 Å². The van der Waals surface area contributed by atoms with Crippen molar-refractivity contribution in [3.8, 4) is 0 Å². The number of nitrogens with zero attached hydrogens (tertiary/aromatic N) is 1. The molecule has 3 rings (SSSR count). The number of morpholine rings is 1. The van der Waals surface area contributed by atoms with Crippen molar-refractivity contribution in [3.05, 3.63) is 59.7 Å². The molecule has 8 heteroatoms. The zero-order valence-electron chi connectivity index (χ0n) is 16.6. The van der Waals surface area contributed by atoms with Crippen LogP contribution >= 0.6 is 0 Å². The first kappa shape index (κ1) is 21.2. The summed E-state index contributed by atoms with van der Waals surface area (Å²) in [6, 6.07) is 12.5. The molecule has 1 amide bonds. The molecule has 0 bridgehead atoms. The molecule has 2 atom stereocenters. The van der Waals surface area contributed by atoms with E-state index in [9.17, 15) is 18.0 Å². The van der Waals surface area contributed by atoms with Gasteiger partial charge < -0.3 is 10.1 Å². The van der Waals surface area contributed by atoms with Crippen LogP contribution in [0.25, 0.3) is 0 Å². The lowest BCUT2D eigenvalue weighted by Gasteiger charge is -2.34. The number of ether oxygens (including phenoxy) is 1. The number of sulfonamides is 1. The zero-order chi connectivity index (χ0) is 21.2. The molecule has 0 radical (unpaired) electrons. The molecule has 1 N–H and O–H groups in total. The fraction of sp³-hybridized carbons (Fsp3) is 0.333. The van der Waals surface area contributed by atoms with Crippen LogP contribution in [0.4, 0.5) is 5.69 Å². The predicted molar refractivity (Wildman–Crippen MR) is 110 cm³/mol. The van der Waals surface area contributed by atoms with Crippen molar-refractivity contribution < 1.29 is 22.7 Å². The quantitative estimate of drug-likeness (QED) is 0.757. The summed E-state index contributed by atoms with van der Waals surface area (Å²) in [5.41, 5.74) is 1.16. The predicted octanol–water partition coefficient (Wildman–Crippen LogP) is 2.94. The van der Waals surface area contributed by atoms with Crippen LogP contribution in [0.15, 0.2) is 53.4 Å². The monoisotopic (exact) mass is 416 g/mol. The molecule has 0 aliphatic carbocycles. The molecule has 1 aliphatic rings. The van der Waals surface area contributed by atoms with Crippen LogP contribution in [-0.4, -0.2) is 49.7 Å². The maximum Gasteiger partial charge on any atom is 0.255 e. The van der Waals surface area contributed by atoms with Gasteiger partial charge in [-0.25, -0.2) is 8.42 Å². The van der Waals surface area contributed by atoms with Gasteiger partial charge in [0.15, 0.2) is 5.78 Å². The first-order valence-corrected chi connectivity index (χ1v) is 10.8. The summed E-state index contributed by atoms with van der Waals surface area (Å²) in [7, 11) is -3.75. The van der Waals surface area contributed by atoms with E-state index in [4.69, 9.17) is 4.74 Å². The Balaban J connectivity index is 1.82. The van der Waals surface area contributed by atoms with E-state index < -0.39 is 15.9 Å². The Hall–Kier alpha value is -2.55. The number of anilines is 1. The van der Waals surface area contributed by atoms with Crippen molar-refractivity contribution in [3.63, 3.8) is 0 Å². The normalized spacial score (nSPS) is 20.2. The van der Waals surface area contributed by atoms with Gasteiger partial charge >= 0.3 is 0 Å². The number of hydrogen-bond acceptors (Lipinski definition) is 5. The summed E-state index contributed by atoms with van der Waals surface area (Å²) in [6.07, 6.45) is -0.401. The summed E-state index contributed by atoms with van der Waals surface area (Å²) < 4.78 is 33.1. The topological polar surface area (TPSA) is 92.8 Å². The third-order valence-electron chi connectivity index (χ3n) is 4.65. The van der Waals surface area contributed by atoms with Gasteiger partial charge in [0.2, 0.25) is 10.0 Å². The van der Waals surface area contributed by atoms with Crippen LogP contribution in [-0.2, 0) is 14.8 Å². The number of benzene rings is 2. The lowest BCUT2D eigenvalue weighted by atomic mass is 10.1. The number of carbonyl (C=O) groups excluding carboxylic acids is 2. The molecular weight excluding hydrogens is 392 g/mol. The highest BCUT2D eigenvalue weighted by Gasteiger charge is 2.32. The van der Waals surface area contributed by atoms with E-state index in [1.54, 1.807) is 36.4 Å². The summed E-state index contributed by atoms with van der Waals surface area (Å²) in [5, 5.41) is 2.71. The second kappa shape index (κ2) is 8.44. The minimum atomic E-state index is -3.75. The van der Waals surface area contributed by atoms with E-state index in [1.807, 2.05) is 13.8 Å². The Labute approximate surface area is 170 Å². The Morgan fingerprint density at radius 1 is 1.00 bits per heavy atom. The smallest absolute Gasteiger partial charge is 0.255 e. The van der Waals surface area contributed by atoms with Gasteiger partial charge in [-0.15, -0.1) is 0 Å². The minimum absolute atomic E-state index is 0.0592. The first-order valence-electron chi connectivity index (χ1n) is 9.35. The largest absolute Gasteiger partial charge is 0.373 e. The van der Waals surface area contributed by atoms with Gasteiger partial charge in [-0.1, -0.05) is 18.2 Å². The number of Topliss-reactive ketones (excluding diaryl/α,β-unsaturated/α-hetero) is 1. The van der Waals surface area contributed by atoms with Crippen LogP contribution in [0, 0.1) is 0 Å². The van der Waals surface area contributed by atoms with Gasteiger partial charge in [-0.2, -0.15) is 4.31 Å². The van der Waals surface area contributed by atoms with E-state index in [-0.39, 0.29) is 41.5 Å². The number of rotatable bonds is 5. The number of hydrogen-bond donors (Lipinski definition) is 1. The number of carbonyl (C=O) groups is 2. The third kappa shape index (κ3) is 4.90. The van der Waals surface area contributed by atoms with Gasteiger partial charge in [0.25, 0.3) is 5.91 Å². The van der Waals surface area contributed by atoms with E-state index in [0.29, 0.717) is 11.3 Å². The molecule has 0 unspecified atom stereocenters. The summed E-state index contributed by atoms with van der Waals surface area (Å²) in [4.78, 5) is 24.2. The molecular formula is C21H24N2O5S. The van der Waals surface area contributed by atoms with Crippen molar-refractivity contribution in [2.45, 2.75) is 37.9 Å². The molecule has 2 aromatic rings. The van der Waals surface area contributed by atoms with Crippen LogP contribution in [0.3, 0.4) is 0 Å². The van der Waals surface area contributed by atoms with Crippen molar-refractivity contribution in [2.24, 2.45) is 0 Å². The molecule has 0 spiro atoms. The second-order valence-electron chi connectivity index (χ2n) is 7.20. The Morgan fingerprint density at radius 3 is 2.28 bits per heavy atom. The Kier molecular flexibility index (Phi) is 6.16. The molecule has 1 fully saturated rings. The van der Waals surface area contributed by atoms with Crippen molar-refractivity contribution in [1.82, 2.24) is 4.31 Å². The summed E-state index contributed by atoms with van der Waals surface area (Å²) >= 11 is 0. The van der Waals surface area contributed by atoms with Gasteiger partial charge in [0.05, 0.1) is 17.1 Å². The highest BCUT2D eigenvalue weighted by Crippen LogP contribution is 2.22. The maximum atomic E-state index is 13.0. The summed E-state index contributed by atoms with van der Waals surface area (Å²) in [6.45, 7) is 5.64. The van der Waals surface area contributed by atoms with E-state index in [0.717, 1.165) is 0 Å². The molecule has 1 aliphatic heterocycles. The molecule has 0 aromatic heterocycles. The second-order valence-corrected chi connectivity index (χ2v) is 9.14. The van der Waals surface area contributed by atoms with Crippen LogP contribution < -0.4 is 5.32 Å². The van der Waals surface area contributed by atoms with E-state index in [2.05, 4.69) is 5.32 Å². The minimum Gasteiger partial charge on any atom is -0.373 e. The molecule has 154 valence electrons. The standard InChI is InChI=1S/C21H24N2O5S/c1-14-12-23(13-15(2)28-14)29(26,27)20-9-5-7-18(11-20)21(25)22-19-8-4-6-17(10-19)16(3)24/h4-11,14-15H,12-13H2,1-3H3,(H,22,25)/t14-,15-/m0/s1. The Bertz CT molecular complexity index is 1020. The fourth-order valence-electron chi connectivity index (χ4n) is 3.29. The van der Waals surface area contributed by atoms with Gasteiger partial charge in [0.1, 0.15) is 0 Å². The van der Waals surface area contributed by atoms with Crippen molar-refractivity contribution >= 4 is 27.4 Å². The fourth-order valence-corrected chi connectivity index (χ4v) is 4.93. The Morgan fingerprint density at radius 2 is 1.62 bits per heavy atom. The van der Waals surface area contributed by atoms with Gasteiger partial charge in [-0.3, -0.25) is 9.59 Å². The number of amides is 1. The molecule has 2 aromatic carbocycles. The number of nitrogens with one attached hydrogen (secondary N) is 1.